The van der Waals surface area contributed by atoms with Gasteiger partial charge in [0.2, 0.25) is 0 Å². The maximum absolute atomic E-state index is 11.7. The summed E-state index contributed by atoms with van der Waals surface area (Å²) in [5.41, 5.74) is 6.42. The third-order valence-corrected chi connectivity index (χ3v) is 1.56. The van der Waals surface area contributed by atoms with E-state index in [1.54, 1.807) is 12.1 Å². The zero-order valence-electron chi connectivity index (χ0n) is 7.59. The highest BCUT2D eigenvalue weighted by Gasteiger charge is 2.00. The molecule has 0 aliphatic heterocycles. The van der Waals surface area contributed by atoms with Crippen molar-refractivity contribution in [3.8, 4) is 5.75 Å². The number of alkyl halides is 1. The summed E-state index contributed by atoms with van der Waals surface area (Å²) >= 11 is 0. The minimum Gasteiger partial charge on any atom is -0.490 e. The number of hydrogen-bond donors (Lipinski definition) is 1. The van der Waals surface area contributed by atoms with Crippen LogP contribution < -0.4 is 10.5 Å². The van der Waals surface area contributed by atoms with Gasteiger partial charge in [0, 0.05) is 12.1 Å². The molecule has 0 amide bonds. The predicted octanol–water partition coefficient (Wildman–Crippen LogP) is 1.71. The molecule has 72 valence electrons. The van der Waals surface area contributed by atoms with Crippen molar-refractivity contribution >= 4 is 5.82 Å². The molecule has 0 atom stereocenters. The summed E-state index contributed by atoms with van der Waals surface area (Å²) in [6.45, 7) is 1.81. The molecule has 13 heavy (non-hydrogen) atoms. The number of nitrogen functional groups attached to an aromatic ring is 1. The van der Waals surface area contributed by atoms with Gasteiger partial charge in [-0.1, -0.05) is 0 Å². The summed E-state index contributed by atoms with van der Waals surface area (Å²) in [6, 6.07) is 3.55. The van der Waals surface area contributed by atoms with Crippen LogP contribution in [0.2, 0.25) is 0 Å². The topological polar surface area (TPSA) is 48.1 Å². The SMILES string of the molecule is Cc1ccc(OCCCF)c(N)n1. The number of nitrogens with zero attached hydrogens (tertiary/aromatic N) is 1. The van der Waals surface area contributed by atoms with E-state index in [2.05, 4.69) is 4.98 Å². The second kappa shape index (κ2) is 4.64. The molecule has 0 fully saturated rings. The van der Waals surface area contributed by atoms with Gasteiger partial charge >= 0.3 is 0 Å². The van der Waals surface area contributed by atoms with Crippen LogP contribution in [0.3, 0.4) is 0 Å². The van der Waals surface area contributed by atoms with E-state index in [-0.39, 0.29) is 6.67 Å². The molecule has 0 saturated heterocycles. The molecular weight excluding hydrogens is 171 g/mol. The Kier molecular flexibility index (Phi) is 3.49. The molecular formula is C9H13FN2O. The van der Waals surface area contributed by atoms with Gasteiger partial charge in [0.05, 0.1) is 13.3 Å². The Morgan fingerprint density at radius 1 is 1.54 bits per heavy atom. The molecule has 0 unspecified atom stereocenters. The molecule has 0 saturated carbocycles. The minimum atomic E-state index is -0.376. The molecule has 1 aromatic heterocycles. The molecule has 4 heteroatoms. The van der Waals surface area contributed by atoms with Crippen LogP contribution in [0.25, 0.3) is 0 Å². The fraction of sp³-hybridized carbons (Fsp3) is 0.444. The first-order valence-corrected chi connectivity index (χ1v) is 4.16. The lowest BCUT2D eigenvalue weighted by molar-refractivity contribution is 0.290. The lowest BCUT2D eigenvalue weighted by Gasteiger charge is -2.06. The van der Waals surface area contributed by atoms with E-state index in [0.29, 0.717) is 24.6 Å². The van der Waals surface area contributed by atoms with Crippen LogP contribution >= 0.6 is 0 Å². The van der Waals surface area contributed by atoms with Crippen molar-refractivity contribution in [3.63, 3.8) is 0 Å². The average molecular weight is 184 g/mol. The van der Waals surface area contributed by atoms with Crippen molar-refractivity contribution in [2.45, 2.75) is 13.3 Å². The van der Waals surface area contributed by atoms with Gasteiger partial charge < -0.3 is 10.5 Å². The first-order chi connectivity index (χ1) is 6.24. The summed E-state index contributed by atoms with van der Waals surface area (Å²) in [5.74, 6) is 0.887. The standard InChI is InChI=1S/C9H13FN2O/c1-7-3-4-8(9(11)12-7)13-6-2-5-10/h3-4H,2,5-6H2,1H3,(H2,11,12). The van der Waals surface area contributed by atoms with Crippen molar-refractivity contribution in [1.82, 2.24) is 4.98 Å². The summed E-state index contributed by atoms with van der Waals surface area (Å²) in [6.07, 6.45) is 0.382. The Morgan fingerprint density at radius 2 is 2.31 bits per heavy atom. The maximum atomic E-state index is 11.7. The smallest absolute Gasteiger partial charge is 0.166 e. The lowest BCUT2D eigenvalue weighted by Crippen LogP contribution is -2.02. The Balaban J connectivity index is 2.56. The van der Waals surface area contributed by atoms with Gasteiger partial charge in [-0.15, -0.1) is 0 Å². The van der Waals surface area contributed by atoms with Crippen LogP contribution in [0.1, 0.15) is 12.1 Å². The van der Waals surface area contributed by atoms with E-state index < -0.39 is 0 Å². The van der Waals surface area contributed by atoms with Gasteiger partial charge in [-0.05, 0) is 19.1 Å². The highest BCUT2D eigenvalue weighted by Crippen LogP contribution is 2.18. The summed E-state index contributed by atoms with van der Waals surface area (Å²) in [7, 11) is 0. The van der Waals surface area contributed by atoms with Gasteiger partial charge in [-0.2, -0.15) is 0 Å². The quantitative estimate of drug-likeness (QED) is 0.724. The average Bonchev–Trinajstić information content (AvgIpc) is 2.09. The summed E-state index contributed by atoms with van der Waals surface area (Å²) < 4.78 is 16.9. The van der Waals surface area contributed by atoms with Crippen molar-refractivity contribution in [2.75, 3.05) is 19.0 Å². The molecule has 0 bridgehead atoms. The van der Waals surface area contributed by atoms with Gasteiger partial charge in [0.15, 0.2) is 11.6 Å². The maximum Gasteiger partial charge on any atom is 0.166 e. The third kappa shape index (κ3) is 2.89. The fourth-order valence-electron chi connectivity index (χ4n) is 0.923. The first-order valence-electron chi connectivity index (χ1n) is 4.16. The molecule has 3 nitrogen and oxygen atoms in total. The predicted molar refractivity (Wildman–Crippen MR) is 49.5 cm³/mol. The molecule has 0 aliphatic carbocycles. The number of anilines is 1. The van der Waals surface area contributed by atoms with E-state index >= 15 is 0 Å². The summed E-state index contributed by atoms with van der Waals surface area (Å²) in [4.78, 5) is 4.01. The second-order valence-electron chi connectivity index (χ2n) is 2.73. The fourth-order valence-corrected chi connectivity index (χ4v) is 0.923. The highest BCUT2D eigenvalue weighted by molar-refractivity contribution is 5.46. The van der Waals surface area contributed by atoms with E-state index in [9.17, 15) is 4.39 Å². The van der Waals surface area contributed by atoms with Crippen molar-refractivity contribution in [2.24, 2.45) is 0 Å². The van der Waals surface area contributed by atoms with E-state index in [0.717, 1.165) is 5.69 Å². The van der Waals surface area contributed by atoms with Crippen LogP contribution in [-0.4, -0.2) is 18.3 Å². The zero-order valence-corrected chi connectivity index (χ0v) is 7.59. The Bertz CT molecular complexity index is 278. The Labute approximate surface area is 76.7 Å². The number of aryl methyl sites for hydroxylation is 1. The van der Waals surface area contributed by atoms with Gasteiger partial charge in [-0.25, -0.2) is 4.98 Å². The van der Waals surface area contributed by atoms with Crippen LogP contribution in [-0.2, 0) is 0 Å². The second-order valence-corrected chi connectivity index (χ2v) is 2.73. The van der Waals surface area contributed by atoms with Crippen LogP contribution in [0.15, 0.2) is 12.1 Å². The molecule has 0 spiro atoms. The Morgan fingerprint density at radius 3 is 2.92 bits per heavy atom. The molecule has 0 radical (unpaired) electrons. The van der Waals surface area contributed by atoms with Gasteiger partial charge in [0.1, 0.15) is 0 Å². The van der Waals surface area contributed by atoms with E-state index in [1.807, 2.05) is 6.92 Å². The van der Waals surface area contributed by atoms with Crippen LogP contribution in [0.4, 0.5) is 10.2 Å². The Hall–Kier alpha value is -1.32. The lowest BCUT2D eigenvalue weighted by atomic mass is 10.3. The minimum absolute atomic E-state index is 0.339. The number of ether oxygens (including phenoxy) is 1. The number of pyridine rings is 1. The molecule has 1 aromatic rings. The third-order valence-electron chi connectivity index (χ3n) is 1.56. The number of rotatable bonds is 4. The molecule has 1 heterocycles. The van der Waals surface area contributed by atoms with E-state index in [1.165, 1.54) is 0 Å². The van der Waals surface area contributed by atoms with Gasteiger partial charge in [0.25, 0.3) is 0 Å². The molecule has 1 rings (SSSR count). The normalized spacial score (nSPS) is 10.0. The van der Waals surface area contributed by atoms with Crippen molar-refractivity contribution in [1.29, 1.82) is 0 Å². The monoisotopic (exact) mass is 184 g/mol. The van der Waals surface area contributed by atoms with E-state index in [4.69, 9.17) is 10.5 Å². The van der Waals surface area contributed by atoms with Crippen LogP contribution in [0, 0.1) is 6.92 Å². The van der Waals surface area contributed by atoms with Crippen molar-refractivity contribution < 1.29 is 9.13 Å². The zero-order chi connectivity index (χ0) is 9.68. The largest absolute Gasteiger partial charge is 0.490 e. The first kappa shape index (κ1) is 9.77. The number of hydrogen-bond acceptors (Lipinski definition) is 3. The number of aromatic nitrogens is 1. The summed E-state index contributed by atoms with van der Waals surface area (Å²) in [5, 5.41) is 0. The van der Waals surface area contributed by atoms with Gasteiger partial charge in [-0.3, -0.25) is 4.39 Å². The van der Waals surface area contributed by atoms with Crippen LogP contribution in [0.5, 0.6) is 5.75 Å². The molecule has 0 aliphatic rings. The molecule has 0 aromatic carbocycles. The highest BCUT2D eigenvalue weighted by atomic mass is 19.1. The van der Waals surface area contributed by atoms with Crippen molar-refractivity contribution in [3.05, 3.63) is 17.8 Å². The number of halogens is 1. The molecule has 2 N–H and O–H groups in total. The number of nitrogens with two attached hydrogens (primary N) is 1.